The molecular weight excluding hydrogens is 547 g/mol. The first-order valence-electron chi connectivity index (χ1n) is 11.2. The minimum absolute atomic E-state index is 0.00761. The molecule has 4 aromatic rings. The third-order valence-electron chi connectivity index (χ3n) is 5.27. The molecule has 0 amide bonds. The van der Waals surface area contributed by atoms with E-state index in [0.717, 1.165) is 24.3 Å². The van der Waals surface area contributed by atoms with Gasteiger partial charge in [0, 0.05) is 17.7 Å². The number of benzene rings is 2. The minimum Gasteiger partial charge on any atom is -0.364 e. The zero-order valence-electron chi connectivity index (χ0n) is 20.0. The Hall–Kier alpha value is -3.58. The SMILES string of the molecule is CC(C)c1nc(-c2ccc(F)c(NS(=O)(=O)c3c(F)cccc3F)c2)c(-c2ccnc(NCC(F)F)c2)s1. The van der Waals surface area contributed by atoms with Crippen LogP contribution in [0.25, 0.3) is 21.7 Å². The first-order chi connectivity index (χ1) is 18.0. The standard InChI is InChI=1S/C25H21F5N4O2S2/c1-13(2)25-33-22(23(37-25)15-8-9-31-21(11-15)32-12-20(29)30)14-6-7-16(26)19(10-14)34-38(35,36)24-17(27)4-3-5-18(24)28/h3-11,13,20,34H,12H2,1-2H3,(H,31,32). The van der Waals surface area contributed by atoms with Crippen molar-refractivity contribution >= 4 is 32.9 Å². The summed E-state index contributed by atoms with van der Waals surface area (Å²) >= 11 is 1.33. The summed E-state index contributed by atoms with van der Waals surface area (Å²) in [6.45, 7) is 3.25. The molecule has 0 fully saturated rings. The second-order valence-corrected chi connectivity index (χ2v) is 11.1. The van der Waals surface area contributed by atoms with Gasteiger partial charge in [0.05, 0.1) is 27.8 Å². The number of sulfonamides is 1. The molecule has 2 N–H and O–H groups in total. The molecule has 0 radical (unpaired) electrons. The number of halogens is 5. The summed E-state index contributed by atoms with van der Waals surface area (Å²) in [4.78, 5) is 8.07. The van der Waals surface area contributed by atoms with Crippen LogP contribution in [0.3, 0.4) is 0 Å². The second-order valence-electron chi connectivity index (χ2n) is 8.44. The predicted molar refractivity (Wildman–Crippen MR) is 136 cm³/mol. The summed E-state index contributed by atoms with van der Waals surface area (Å²) in [5.41, 5.74) is 0.748. The molecule has 0 aliphatic carbocycles. The summed E-state index contributed by atoms with van der Waals surface area (Å²) in [6, 6.07) is 9.35. The average molecular weight is 569 g/mol. The van der Waals surface area contributed by atoms with E-state index in [0.29, 0.717) is 26.7 Å². The van der Waals surface area contributed by atoms with Crippen LogP contribution in [0.5, 0.6) is 0 Å². The van der Waals surface area contributed by atoms with Crippen LogP contribution in [0.4, 0.5) is 33.5 Å². The molecule has 2 aromatic heterocycles. The zero-order valence-corrected chi connectivity index (χ0v) is 21.6. The molecule has 2 heterocycles. The monoisotopic (exact) mass is 568 g/mol. The van der Waals surface area contributed by atoms with Crippen LogP contribution >= 0.6 is 11.3 Å². The molecule has 200 valence electrons. The molecule has 4 rings (SSSR count). The topological polar surface area (TPSA) is 84.0 Å². The van der Waals surface area contributed by atoms with Crippen molar-refractivity contribution in [3.8, 4) is 21.7 Å². The maximum atomic E-state index is 14.7. The minimum atomic E-state index is -4.82. The lowest BCUT2D eigenvalue weighted by Gasteiger charge is -2.12. The summed E-state index contributed by atoms with van der Waals surface area (Å²) in [5, 5.41) is 3.26. The molecular formula is C25H21F5N4O2S2. The fourth-order valence-electron chi connectivity index (χ4n) is 3.51. The number of pyridine rings is 1. The fourth-order valence-corrected chi connectivity index (χ4v) is 5.80. The van der Waals surface area contributed by atoms with Gasteiger partial charge in [-0.1, -0.05) is 19.9 Å². The number of anilines is 2. The lowest BCUT2D eigenvalue weighted by molar-refractivity contribution is 0.163. The molecule has 0 saturated heterocycles. The number of hydrogen-bond donors (Lipinski definition) is 2. The number of alkyl halides is 2. The Morgan fingerprint density at radius 1 is 0.947 bits per heavy atom. The van der Waals surface area contributed by atoms with E-state index in [2.05, 4.69) is 15.3 Å². The highest BCUT2D eigenvalue weighted by Gasteiger charge is 2.26. The predicted octanol–water partition coefficient (Wildman–Crippen LogP) is 6.89. The van der Waals surface area contributed by atoms with Gasteiger partial charge in [0.2, 0.25) is 0 Å². The largest absolute Gasteiger partial charge is 0.364 e. The van der Waals surface area contributed by atoms with Crippen LogP contribution in [-0.2, 0) is 10.0 Å². The van der Waals surface area contributed by atoms with Crippen LogP contribution in [0.15, 0.2) is 59.6 Å². The van der Waals surface area contributed by atoms with Gasteiger partial charge in [-0.15, -0.1) is 11.3 Å². The number of thiazole rings is 1. The van der Waals surface area contributed by atoms with Crippen LogP contribution < -0.4 is 10.0 Å². The van der Waals surface area contributed by atoms with Crippen LogP contribution in [0.2, 0.25) is 0 Å². The van der Waals surface area contributed by atoms with Crippen LogP contribution in [0.1, 0.15) is 24.8 Å². The molecule has 2 aromatic carbocycles. The van der Waals surface area contributed by atoms with E-state index in [-0.39, 0.29) is 11.7 Å². The Morgan fingerprint density at radius 2 is 1.66 bits per heavy atom. The molecule has 0 atom stereocenters. The van der Waals surface area contributed by atoms with Gasteiger partial charge >= 0.3 is 0 Å². The van der Waals surface area contributed by atoms with Crippen molar-refractivity contribution < 1.29 is 30.4 Å². The van der Waals surface area contributed by atoms with Gasteiger partial charge in [0.15, 0.2) is 4.90 Å². The van der Waals surface area contributed by atoms with Gasteiger partial charge in [0.25, 0.3) is 16.4 Å². The van der Waals surface area contributed by atoms with Crippen LogP contribution in [-0.4, -0.2) is 31.4 Å². The van der Waals surface area contributed by atoms with Gasteiger partial charge in [-0.05, 0) is 48.0 Å². The third-order valence-corrected chi connectivity index (χ3v) is 8.09. The Morgan fingerprint density at radius 3 is 2.32 bits per heavy atom. The number of nitrogens with zero attached hydrogens (tertiary/aromatic N) is 2. The lowest BCUT2D eigenvalue weighted by Crippen LogP contribution is -2.17. The highest BCUT2D eigenvalue weighted by Crippen LogP contribution is 2.40. The molecule has 6 nitrogen and oxygen atoms in total. The molecule has 0 spiro atoms. The van der Waals surface area contributed by atoms with Crippen molar-refractivity contribution in [2.75, 3.05) is 16.6 Å². The summed E-state index contributed by atoms with van der Waals surface area (Å²) < 4.78 is 95.6. The summed E-state index contributed by atoms with van der Waals surface area (Å²) in [7, 11) is -4.82. The van der Waals surface area contributed by atoms with Crippen molar-refractivity contribution in [1.29, 1.82) is 0 Å². The van der Waals surface area contributed by atoms with Crippen molar-refractivity contribution in [3.05, 3.63) is 77.2 Å². The van der Waals surface area contributed by atoms with Gasteiger partial charge in [-0.25, -0.2) is 40.3 Å². The van der Waals surface area contributed by atoms with Crippen LogP contribution in [0, 0.1) is 17.5 Å². The van der Waals surface area contributed by atoms with E-state index in [1.54, 1.807) is 12.1 Å². The molecule has 0 aliphatic heterocycles. The number of aromatic nitrogens is 2. The first kappa shape index (κ1) is 27.5. The molecule has 0 bridgehead atoms. The quantitative estimate of drug-likeness (QED) is 0.215. The Bertz CT molecular complexity index is 1560. The molecule has 0 aliphatic rings. The Balaban J connectivity index is 1.77. The third kappa shape index (κ3) is 5.94. The van der Waals surface area contributed by atoms with Crippen molar-refractivity contribution in [3.63, 3.8) is 0 Å². The van der Waals surface area contributed by atoms with Gasteiger partial charge in [-0.3, -0.25) is 4.72 Å². The number of nitrogens with one attached hydrogen (secondary N) is 2. The second kappa shape index (κ2) is 11.0. The summed E-state index contributed by atoms with van der Waals surface area (Å²) in [6.07, 6.45) is -1.14. The Labute approximate surface area is 219 Å². The maximum Gasteiger partial charge on any atom is 0.267 e. The van der Waals surface area contributed by atoms with E-state index in [9.17, 15) is 30.4 Å². The molecule has 13 heteroatoms. The van der Waals surface area contributed by atoms with Crippen molar-refractivity contribution in [2.24, 2.45) is 0 Å². The van der Waals surface area contributed by atoms with Crippen molar-refractivity contribution in [1.82, 2.24) is 9.97 Å². The van der Waals surface area contributed by atoms with Crippen molar-refractivity contribution in [2.45, 2.75) is 31.1 Å². The average Bonchev–Trinajstić information content (AvgIpc) is 3.30. The number of rotatable bonds is 9. The smallest absolute Gasteiger partial charge is 0.267 e. The van der Waals surface area contributed by atoms with Gasteiger partial charge < -0.3 is 5.32 Å². The van der Waals surface area contributed by atoms with E-state index < -0.39 is 51.0 Å². The van der Waals surface area contributed by atoms with E-state index in [1.165, 1.54) is 29.7 Å². The molecule has 0 saturated carbocycles. The fraction of sp³-hybridized carbons (Fsp3) is 0.200. The summed E-state index contributed by atoms with van der Waals surface area (Å²) in [5.74, 6) is -3.41. The van der Waals surface area contributed by atoms with Gasteiger partial charge in [-0.2, -0.15) is 0 Å². The highest BCUT2D eigenvalue weighted by atomic mass is 32.2. The van der Waals surface area contributed by atoms with E-state index in [4.69, 9.17) is 0 Å². The first-order valence-corrected chi connectivity index (χ1v) is 13.5. The molecule has 0 unspecified atom stereocenters. The van der Waals surface area contributed by atoms with Gasteiger partial charge in [0.1, 0.15) is 23.3 Å². The lowest BCUT2D eigenvalue weighted by atomic mass is 10.1. The maximum absolute atomic E-state index is 14.7. The normalized spacial score (nSPS) is 11.8. The Kier molecular flexibility index (Phi) is 7.97. The van der Waals surface area contributed by atoms with E-state index in [1.807, 2.05) is 18.6 Å². The number of hydrogen-bond acceptors (Lipinski definition) is 6. The highest BCUT2D eigenvalue weighted by molar-refractivity contribution is 7.92. The molecule has 38 heavy (non-hydrogen) atoms. The van der Waals surface area contributed by atoms with E-state index >= 15 is 0 Å². The zero-order chi connectivity index (χ0) is 27.6.